The van der Waals surface area contributed by atoms with Crippen molar-refractivity contribution in [1.29, 1.82) is 0 Å². The monoisotopic (exact) mass is 510 g/mol. The number of nitrogens with one attached hydrogen (secondary N) is 2. The van der Waals surface area contributed by atoms with Crippen LogP contribution in [-0.4, -0.2) is 46.9 Å². The molecular weight excluding hydrogens is 472 g/mol. The number of nitrogens with zero attached hydrogens (tertiary/aromatic N) is 1. The molecule has 4 N–H and O–H groups in total. The van der Waals surface area contributed by atoms with Crippen LogP contribution in [0.2, 0.25) is 0 Å². The van der Waals surface area contributed by atoms with E-state index in [-0.39, 0.29) is 19.4 Å². The van der Waals surface area contributed by atoms with E-state index in [2.05, 4.69) is 10.6 Å². The van der Waals surface area contributed by atoms with Crippen molar-refractivity contribution in [1.82, 2.24) is 10.2 Å². The van der Waals surface area contributed by atoms with E-state index in [1.807, 2.05) is 38.1 Å². The van der Waals surface area contributed by atoms with Gasteiger partial charge in [-0.25, -0.2) is 4.79 Å². The van der Waals surface area contributed by atoms with E-state index >= 15 is 0 Å². The van der Waals surface area contributed by atoms with Gasteiger partial charge in [0.15, 0.2) is 0 Å². The second-order valence-electron chi connectivity index (χ2n) is 9.85. The number of para-hydroxylation sites is 1. The molecule has 2 aromatic rings. The van der Waals surface area contributed by atoms with E-state index in [1.165, 1.54) is 4.90 Å². The number of carbonyl (C=O) groups excluding carboxylic acids is 4. The summed E-state index contributed by atoms with van der Waals surface area (Å²) in [6.07, 6.45) is -0.402. The molecule has 0 saturated carbocycles. The second-order valence-corrected chi connectivity index (χ2v) is 9.85. The summed E-state index contributed by atoms with van der Waals surface area (Å²) >= 11 is 0. The van der Waals surface area contributed by atoms with Gasteiger partial charge in [-0.3, -0.25) is 14.4 Å². The minimum Gasteiger partial charge on any atom is -0.444 e. The lowest BCUT2D eigenvalue weighted by molar-refractivity contribution is -0.141. The summed E-state index contributed by atoms with van der Waals surface area (Å²) in [6.45, 7) is 9.13. The zero-order chi connectivity index (χ0) is 27.6. The van der Waals surface area contributed by atoms with Crippen molar-refractivity contribution in [2.45, 2.75) is 71.6 Å². The Kier molecular flexibility index (Phi) is 10.7. The Morgan fingerprint density at radius 2 is 1.62 bits per heavy atom. The molecule has 2 atom stereocenters. The lowest BCUT2D eigenvalue weighted by Crippen LogP contribution is -2.52. The summed E-state index contributed by atoms with van der Waals surface area (Å²) in [5.74, 6) is -1.52. The highest BCUT2D eigenvalue weighted by Gasteiger charge is 2.36. The van der Waals surface area contributed by atoms with Gasteiger partial charge in [-0.15, -0.1) is 0 Å². The molecule has 2 aromatic carbocycles. The summed E-state index contributed by atoms with van der Waals surface area (Å²) in [5, 5.41) is 5.52. The number of amides is 4. The van der Waals surface area contributed by atoms with Crippen LogP contribution in [0.1, 0.15) is 64.1 Å². The minimum absolute atomic E-state index is 0.0332. The highest BCUT2D eigenvalue weighted by molar-refractivity contribution is 5.99. The molecule has 200 valence electrons. The Bertz CT molecular complexity index is 1080. The standard InChI is InChI=1S/C28H38N4O5/c1-6-18-32(26(35)22(16-17-23(29)33)31-27(36)37-28(3,4)5)24(20-13-8-7-9-14-20)25(34)30-21-15-11-10-12-19(21)2/h7-15,22,24H,6,16-18H2,1-5H3,(H2,29,33)(H,30,34)(H,31,36). The average Bonchev–Trinajstić information content (AvgIpc) is 2.82. The largest absolute Gasteiger partial charge is 0.444 e. The topological polar surface area (TPSA) is 131 Å². The van der Waals surface area contributed by atoms with Crippen molar-refractivity contribution < 1.29 is 23.9 Å². The molecule has 0 aliphatic heterocycles. The molecule has 0 aliphatic carbocycles. The summed E-state index contributed by atoms with van der Waals surface area (Å²) in [5.41, 5.74) is 6.67. The van der Waals surface area contributed by atoms with Crippen LogP contribution in [0.25, 0.3) is 0 Å². The van der Waals surface area contributed by atoms with Crippen LogP contribution in [0.15, 0.2) is 54.6 Å². The zero-order valence-corrected chi connectivity index (χ0v) is 22.2. The molecule has 37 heavy (non-hydrogen) atoms. The highest BCUT2D eigenvalue weighted by Crippen LogP contribution is 2.26. The number of rotatable bonds is 11. The maximum absolute atomic E-state index is 13.9. The maximum Gasteiger partial charge on any atom is 0.408 e. The fourth-order valence-electron chi connectivity index (χ4n) is 3.82. The van der Waals surface area contributed by atoms with E-state index in [0.29, 0.717) is 17.7 Å². The summed E-state index contributed by atoms with van der Waals surface area (Å²) < 4.78 is 5.33. The van der Waals surface area contributed by atoms with Gasteiger partial charge in [0.2, 0.25) is 11.8 Å². The van der Waals surface area contributed by atoms with E-state index in [0.717, 1.165) is 5.56 Å². The number of alkyl carbamates (subject to hydrolysis) is 1. The zero-order valence-electron chi connectivity index (χ0n) is 22.2. The molecule has 0 spiro atoms. The third kappa shape index (κ3) is 9.25. The number of hydrogen-bond donors (Lipinski definition) is 3. The SMILES string of the molecule is CCCN(C(=O)C(CCC(N)=O)NC(=O)OC(C)(C)C)C(C(=O)Nc1ccccc1C)c1ccccc1. The van der Waals surface area contributed by atoms with Crippen LogP contribution in [0.5, 0.6) is 0 Å². The Morgan fingerprint density at radius 1 is 1.00 bits per heavy atom. The average molecular weight is 511 g/mol. The quantitative estimate of drug-likeness (QED) is 0.419. The minimum atomic E-state index is -1.12. The van der Waals surface area contributed by atoms with Crippen molar-refractivity contribution in [3.05, 3.63) is 65.7 Å². The van der Waals surface area contributed by atoms with Gasteiger partial charge >= 0.3 is 6.09 Å². The predicted octanol–water partition coefficient (Wildman–Crippen LogP) is 4.07. The molecule has 2 rings (SSSR count). The molecule has 9 heteroatoms. The molecule has 2 unspecified atom stereocenters. The normalized spacial score (nSPS) is 12.7. The van der Waals surface area contributed by atoms with Crippen LogP contribution in [0.4, 0.5) is 10.5 Å². The van der Waals surface area contributed by atoms with Gasteiger partial charge in [-0.1, -0.05) is 55.5 Å². The van der Waals surface area contributed by atoms with Crippen LogP contribution in [0.3, 0.4) is 0 Å². The second kappa shape index (κ2) is 13.4. The van der Waals surface area contributed by atoms with Gasteiger partial charge in [-0.05, 0) is 57.7 Å². The molecular formula is C28H38N4O5. The number of hydrogen-bond acceptors (Lipinski definition) is 5. The van der Waals surface area contributed by atoms with Gasteiger partial charge in [0.05, 0.1) is 0 Å². The van der Waals surface area contributed by atoms with Crippen molar-refractivity contribution in [2.75, 3.05) is 11.9 Å². The number of carbonyl (C=O) groups is 4. The van der Waals surface area contributed by atoms with Crippen LogP contribution in [0, 0.1) is 6.92 Å². The first-order valence-corrected chi connectivity index (χ1v) is 12.4. The lowest BCUT2D eigenvalue weighted by Gasteiger charge is -2.34. The number of ether oxygens (including phenoxy) is 1. The molecule has 0 aliphatic rings. The van der Waals surface area contributed by atoms with Gasteiger partial charge < -0.3 is 26.0 Å². The molecule has 0 heterocycles. The van der Waals surface area contributed by atoms with E-state index in [9.17, 15) is 19.2 Å². The first-order chi connectivity index (χ1) is 17.4. The molecule has 0 aromatic heterocycles. The van der Waals surface area contributed by atoms with Gasteiger partial charge in [0.1, 0.15) is 17.7 Å². The van der Waals surface area contributed by atoms with Crippen LogP contribution < -0.4 is 16.4 Å². The molecule has 0 radical (unpaired) electrons. The van der Waals surface area contributed by atoms with Crippen molar-refractivity contribution >= 4 is 29.5 Å². The Labute approximate surface area is 218 Å². The molecule has 0 bridgehead atoms. The van der Waals surface area contributed by atoms with Crippen LogP contribution >= 0.6 is 0 Å². The first kappa shape index (κ1) is 29.4. The van der Waals surface area contributed by atoms with Crippen LogP contribution in [-0.2, 0) is 19.1 Å². The number of anilines is 1. The van der Waals surface area contributed by atoms with E-state index < -0.39 is 41.5 Å². The van der Waals surface area contributed by atoms with E-state index in [1.54, 1.807) is 51.1 Å². The Hall–Kier alpha value is -3.88. The fraction of sp³-hybridized carbons (Fsp3) is 0.429. The van der Waals surface area contributed by atoms with Gasteiger partial charge in [-0.2, -0.15) is 0 Å². The number of nitrogens with two attached hydrogens (primary N) is 1. The van der Waals surface area contributed by atoms with E-state index in [4.69, 9.17) is 10.5 Å². The predicted molar refractivity (Wildman–Crippen MR) is 143 cm³/mol. The van der Waals surface area contributed by atoms with Gasteiger partial charge in [0.25, 0.3) is 5.91 Å². The fourth-order valence-corrected chi connectivity index (χ4v) is 3.82. The Morgan fingerprint density at radius 3 is 2.19 bits per heavy atom. The molecule has 0 saturated heterocycles. The summed E-state index contributed by atoms with van der Waals surface area (Å²) in [7, 11) is 0. The number of aryl methyl sites for hydroxylation is 1. The maximum atomic E-state index is 13.9. The van der Waals surface area contributed by atoms with Crippen molar-refractivity contribution in [3.8, 4) is 0 Å². The number of benzene rings is 2. The van der Waals surface area contributed by atoms with Crippen molar-refractivity contribution in [2.24, 2.45) is 5.73 Å². The third-order valence-electron chi connectivity index (χ3n) is 5.49. The molecule has 4 amide bonds. The number of primary amides is 1. The summed E-state index contributed by atoms with van der Waals surface area (Å²) in [6, 6.07) is 14.2. The third-order valence-corrected chi connectivity index (χ3v) is 5.49. The Balaban J connectivity index is 2.46. The summed E-state index contributed by atoms with van der Waals surface area (Å²) in [4.78, 5) is 53.1. The lowest BCUT2D eigenvalue weighted by atomic mass is 10.0. The molecule has 0 fully saturated rings. The first-order valence-electron chi connectivity index (χ1n) is 12.4. The highest BCUT2D eigenvalue weighted by atomic mass is 16.6. The van der Waals surface area contributed by atoms with Gasteiger partial charge in [0, 0.05) is 18.7 Å². The molecule has 9 nitrogen and oxygen atoms in total. The smallest absolute Gasteiger partial charge is 0.408 e. The van der Waals surface area contributed by atoms with Crippen molar-refractivity contribution in [3.63, 3.8) is 0 Å².